The van der Waals surface area contributed by atoms with Crippen LogP contribution in [0.3, 0.4) is 0 Å². The maximum Gasteiger partial charge on any atom is 0.113 e. The molecule has 0 fully saturated rings. The maximum absolute atomic E-state index is 5.81. The molecular weight excluding hydrogens is 224 g/mol. The highest BCUT2D eigenvalue weighted by Gasteiger charge is 2.05. The first-order valence-corrected chi connectivity index (χ1v) is 5.84. The zero-order chi connectivity index (χ0) is 12.7. The first kappa shape index (κ1) is 10.8. The Kier molecular flexibility index (Phi) is 2.30. The van der Waals surface area contributed by atoms with E-state index in [0.717, 1.165) is 28.0 Å². The molecule has 0 unspecified atom stereocenters. The summed E-state index contributed by atoms with van der Waals surface area (Å²) in [5.41, 5.74) is 11.5. The highest BCUT2D eigenvalue weighted by molar-refractivity contribution is 5.74. The van der Waals surface area contributed by atoms with Gasteiger partial charge in [-0.3, -0.25) is 0 Å². The Bertz CT molecular complexity index is 728. The molecular formula is C14H14N4. The van der Waals surface area contributed by atoms with Gasteiger partial charge in [-0.25, -0.2) is 0 Å². The second-order valence-corrected chi connectivity index (χ2v) is 4.52. The van der Waals surface area contributed by atoms with E-state index in [0.29, 0.717) is 0 Å². The lowest BCUT2D eigenvalue weighted by molar-refractivity contribution is 0.765. The second-order valence-electron chi connectivity index (χ2n) is 4.52. The molecule has 0 saturated carbocycles. The van der Waals surface area contributed by atoms with Crippen molar-refractivity contribution in [1.82, 2.24) is 15.0 Å². The SMILES string of the molecule is Cc1ccc2nn(-c3ccc(N)c(C)c3)nc2c1. The fourth-order valence-corrected chi connectivity index (χ4v) is 1.92. The predicted octanol–water partition coefficient (Wildman–Crippen LogP) is 2.62. The number of aromatic nitrogens is 3. The van der Waals surface area contributed by atoms with E-state index in [1.54, 1.807) is 4.80 Å². The summed E-state index contributed by atoms with van der Waals surface area (Å²) in [4.78, 5) is 1.65. The number of nitrogen functional groups attached to an aromatic ring is 1. The van der Waals surface area contributed by atoms with Crippen LogP contribution in [0, 0.1) is 13.8 Å². The van der Waals surface area contributed by atoms with E-state index in [1.165, 1.54) is 5.56 Å². The van der Waals surface area contributed by atoms with Crippen LogP contribution in [0.5, 0.6) is 0 Å². The van der Waals surface area contributed by atoms with E-state index in [-0.39, 0.29) is 0 Å². The van der Waals surface area contributed by atoms with Crippen molar-refractivity contribution in [3.63, 3.8) is 0 Å². The van der Waals surface area contributed by atoms with Gasteiger partial charge in [0.2, 0.25) is 0 Å². The van der Waals surface area contributed by atoms with Gasteiger partial charge in [0.1, 0.15) is 11.0 Å². The molecule has 0 aliphatic carbocycles. The Labute approximate surface area is 105 Å². The molecule has 2 aromatic carbocycles. The van der Waals surface area contributed by atoms with Gasteiger partial charge in [0, 0.05) is 5.69 Å². The monoisotopic (exact) mass is 238 g/mol. The molecule has 0 amide bonds. The third-order valence-corrected chi connectivity index (χ3v) is 3.02. The summed E-state index contributed by atoms with van der Waals surface area (Å²) >= 11 is 0. The number of fused-ring (bicyclic) bond motifs is 1. The number of rotatable bonds is 1. The molecule has 0 radical (unpaired) electrons. The van der Waals surface area contributed by atoms with Gasteiger partial charge in [0.25, 0.3) is 0 Å². The van der Waals surface area contributed by atoms with Crippen LogP contribution >= 0.6 is 0 Å². The number of hydrogen-bond donors (Lipinski definition) is 1. The van der Waals surface area contributed by atoms with Gasteiger partial charge in [-0.05, 0) is 55.3 Å². The van der Waals surface area contributed by atoms with Crippen molar-refractivity contribution < 1.29 is 0 Å². The van der Waals surface area contributed by atoms with Gasteiger partial charge in [0.15, 0.2) is 0 Å². The Morgan fingerprint density at radius 1 is 0.944 bits per heavy atom. The third kappa shape index (κ3) is 1.72. The number of nitrogens with zero attached hydrogens (tertiary/aromatic N) is 3. The average molecular weight is 238 g/mol. The minimum absolute atomic E-state index is 0.784. The van der Waals surface area contributed by atoms with Gasteiger partial charge in [-0.1, -0.05) is 6.07 Å². The molecule has 4 nitrogen and oxygen atoms in total. The summed E-state index contributed by atoms with van der Waals surface area (Å²) in [7, 11) is 0. The lowest BCUT2D eigenvalue weighted by Crippen LogP contribution is -2.00. The second kappa shape index (κ2) is 3.84. The molecule has 0 bridgehead atoms. The van der Waals surface area contributed by atoms with Crippen molar-refractivity contribution in [3.05, 3.63) is 47.5 Å². The van der Waals surface area contributed by atoms with E-state index in [1.807, 2.05) is 50.2 Å². The van der Waals surface area contributed by atoms with Crippen LogP contribution in [-0.4, -0.2) is 15.0 Å². The quantitative estimate of drug-likeness (QED) is 0.663. The first-order chi connectivity index (χ1) is 8.63. The largest absolute Gasteiger partial charge is 0.399 e. The van der Waals surface area contributed by atoms with Crippen LogP contribution < -0.4 is 5.73 Å². The van der Waals surface area contributed by atoms with Crippen molar-refractivity contribution in [2.45, 2.75) is 13.8 Å². The van der Waals surface area contributed by atoms with Crippen LogP contribution in [-0.2, 0) is 0 Å². The number of benzene rings is 2. The number of anilines is 1. The lowest BCUT2D eigenvalue weighted by Gasteiger charge is -2.03. The van der Waals surface area contributed by atoms with Crippen LogP contribution in [0.2, 0.25) is 0 Å². The van der Waals surface area contributed by atoms with Gasteiger partial charge in [0.05, 0.1) is 5.69 Å². The molecule has 90 valence electrons. The average Bonchev–Trinajstić information content (AvgIpc) is 2.75. The first-order valence-electron chi connectivity index (χ1n) is 5.84. The van der Waals surface area contributed by atoms with Gasteiger partial charge < -0.3 is 5.73 Å². The van der Waals surface area contributed by atoms with Crippen molar-refractivity contribution in [2.24, 2.45) is 0 Å². The zero-order valence-corrected chi connectivity index (χ0v) is 10.4. The molecule has 0 spiro atoms. The number of nitrogens with two attached hydrogens (primary N) is 1. The Balaban J connectivity index is 2.16. The lowest BCUT2D eigenvalue weighted by atomic mass is 10.2. The molecule has 0 aliphatic heterocycles. The van der Waals surface area contributed by atoms with Gasteiger partial charge >= 0.3 is 0 Å². The summed E-state index contributed by atoms with van der Waals surface area (Å²) in [5.74, 6) is 0. The van der Waals surface area contributed by atoms with Crippen LogP contribution in [0.4, 0.5) is 5.69 Å². The molecule has 1 aromatic heterocycles. The molecule has 0 atom stereocenters. The maximum atomic E-state index is 5.81. The van der Waals surface area contributed by atoms with Crippen molar-refractivity contribution in [3.8, 4) is 5.69 Å². The molecule has 18 heavy (non-hydrogen) atoms. The van der Waals surface area contributed by atoms with Crippen LogP contribution in [0.25, 0.3) is 16.7 Å². The predicted molar refractivity (Wildman–Crippen MR) is 72.8 cm³/mol. The smallest absolute Gasteiger partial charge is 0.113 e. The molecule has 3 rings (SSSR count). The topological polar surface area (TPSA) is 56.7 Å². The summed E-state index contributed by atoms with van der Waals surface area (Å²) in [6.45, 7) is 4.03. The Hall–Kier alpha value is -2.36. The van der Waals surface area contributed by atoms with Crippen molar-refractivity contribution in [2.75, 3.05) is 5.73 Å². The molecule has 0 saturated heterocycles. The van der Waals surface area contributed by atoms with Gasteiger partial charge in [-0.2, -0.15) is 4.80 Å². The highest BCUT2D eigenvalue weighted by Crippen LogP contribution is 2.17. The fourth-order valence-electron chi connectivity index (χ4n) is 1.92. The Morgan fingerprint density at radius 3 is 2.50 bits per heavy atom. The van der Waals surface area contributed by atoms with Crippen LogP contribution in [0.15, 0.2) is 36.4 Å². The number of aryl methyl sites for hydroxylation is 2. The van der Waals surface area contributed by atoms with E-state index in [2.05, 4.69) is 10.2 Å². The summed E-state index contributed by atoms with van der Waals surface area (Å²) in [5, 5.41) is 8.94. The summed E-state index contributed by atoms with van der Waals surface area (Å²) in [6.07, 6.45) is 0. The standard InChI is InChI=1S/C14H14N4/c1-9-3-6-13-14(7-9)17-18(16-13)11-4-5-12(15)10(2)8-11/h3-8H,15H2,1-2H3. The van der Waals surface area contributed by atoms with Gasteiger partial charge in [-0.15, -0.1) is 10.2 Å². The fraction of sp³-hybridized carbons (Fsp3) is 0.143. The third-order valence-electron chi connectivity index (χ3n) is 3.02. The minimum Gasteiger partial charge on any atom is -0.399 e. The summed E-state index contributed by atoms with van der Waals surface area (Å²) < 4.78 is 0. The molecule has 3 aromatic rings. The highest BCUT2D eigenvalue weighted by atomic mass is 15.5. The minimum atomic E-state index is 0.784. The Morgan fingerprint density at radius 2 is 1.72 bits per heavy atom. The van der Waals surface area contributed by atoms with E-state index in [4.69, 9.17) is 5.73 Å². The van der Waals surface area contributed by atoms with Crippen molar-refractivity contribution in [1.29, 1.82) is 0 Å². The van der Waals surface area contributed by atoms with Crippen LogP contribution in [0.1, 0.15) is 11.1 Å². The van der Waals surface area contributed by atoms with E-state index in [9.17, 15) is 0 Å². The molecule has 0 aliphatic rings. The van der Waals surface area contributed by atoms with Crippen molar-refractivity contribution >= 4 is 16.7 Å². The summed E-state index contributed by atoms with van der Waals surface area (Å²) in [6, 6.07) is 11.8. The number of hydrogen-bond acceptors (Lipinski definition) is 3. The molecule has 2 N–H and O–H groups in total. The van der Waals surface area contributed by atoms with E-state index < -0.39 is 0 Å². The molecule has 4 heteroatoms. The zero-order valence-electron chi connectivity index (χ0n) is 10.4. The van der Waals surface area contributed by atoms with E-state index >= 15 is 0 Å². The normalized spacial score (nSPS) is 11.0. The molecule has 1 heterocycles.